The van der Waals surface area contributed by atoms with E-state index in [1.165, 1.54) is 58.4 Å². The first-order valence-electron chi connectivity index (χ1n) is 14.5. The maximum atomic E-state index is 6.71. The smallest absolute Gasteiger partial charge is 0.178 e. The van der Waals surface area contributed by atoms with Crippen molar-refractivity contribution in [2.45, 2.75) is 0 Å². The highest BCUT2D eigenvalue weighted by molar-refractivity contribution is 7.25. The normalized spacial score (nSPS) is 12.2. The van der Waals surface area contributed by atoms with Crippen molar-refractivity contribution in [2.75, 3.05) is 0 Å². The molecule has 0 fully saturated rings. The van der Waals surface area contributed by atoms with Gasteiger partial charge in [-0.15, -0.1) is 11.3 Å². The van der Waals surface area contributed by atoms with Crippen LogP contribution in [0.25, 0.3) is 96.9 Å². The van der Waals surface area contributed by atoms with Crippen LogP contribution in [0.4, 0.5) is 0 Å². The van der Waals surface area contributed by atoms with Gasteiger partial charge in [-0.3, -0.25) is 0 Å². The third kappa shape index (κ3) is 3.17. The third-order valence-corrected chi connectivity index (χ3v) is 10.1. The van der Waals surface area contributed by atoms with Gasteiger partial charge in [0, 0.05) is 47.5 Å². The van der Waals surface area contributed by atoms with E-state index in [4.69, 9.17) is 8.83 Å². The van der Waals surface area contributed by atoms with Crippen LogP contribution in [-0.4, -0.2) is 0 Å². The van der Waals surface area contributed by atoms with Crippen LogP contribution in [-0.2, 0) is 0 Å². The number of thiophene rings is 1. The molecule has 0 saturated heterocycles. The van der Waals surface area contributed by atoms with E-state index in [-0.39, 0.29) is 0 Å². The molecule has 0 saturated carbocycles. The van der Waals surface area contributed by atoms with Crippen molar-refractivity contribution in [3.05, 3.63) is 134 Å². The Morgan fingerprint density at radius 2 is 1.05 bits per heavy atom. The lowest BCUT2D eigenvalue weighted by Crippen LogP contribution is -1.91. The van der Waals surface area contributed by atoms with E-state index < -0.39 is 0 Å². The summed E-state index contributed by atoms with van der Waals surface area (Å²) >= 11 is 1.87. The summed E-state index contributed by atoms with van der Waals surface area (Å²) in [6, 6.07) is 46.0. The van der Waals surface area contributed by atoms with Gasteiger partial charge in [-0.1, -0.05) is 103 Å². The van der Waals surface area contributed by atoms with Crippen molar-refractivity contribution in [1.82, 2.24) is 0 Å². The number of fused-ring (bicyclic) bond motifs is 10. The summed E-state index contributed by atoms with van der Waals surface area (Å²) in [6.07, 6.45) is 1.73. The van der Waals surface area contributed by atoms with Gasteiger partial charge in [0.1, 0.15) is 5.58 Å². The molecule has 3 aromatic heterocycles. The van der Waals surface area contributed by atoms with Crippen molar-refractivity contribution >= 4 is 86.0 Å². The van der Waals surface area contributed by atoms with E-state index in [0.717, 1.165) is 38.5 Å². The van der Waals surface area contributed by atoms with Crippen molar-refractivity contribution < 1.29 is 8.83 Å². The third-order valence-electron chi connectivity index (χ3n) is 8.95. The molecule has 0 amide bonds. The average molecular weight is 567 g/mol. The van der Waals surface area contributed by atoms with Crippen LogP contribution in [0, 0.1) is 0 Å². The Hall–Kier alpha value is -5.38. The van der Waals surface area contributed by atoms with Gasteiger partial charge in [-0.2, -0.15) is 0 Å². The minimum absolute atomic E-state index is 0.793. The monoisotopic (exact) mass is 566 g/mol. The van der Waals surface area contributed by atoms with Crippen molar-refractivity contribution in [3.8, 4) is 22.3 Å². The maximum Gasteiger partial charge on any atom is 0.178 e. The first-order valence-corrected chi connectivity index (χ1v) is 15.3. The molecule has 7 aromatic carbocycles. The van der Waals surface area contributed by atoms with Crippen LogP contribution < -0.4 is 0 Å². The van der Waals surface area contributed by atoms with Gasteiger partial charge in [0.15, 0.2) is 11.2 Å². The molecule has 0 spiro atoms. The molecule has 0 bridgehead atoms. The summed E-state index contributed by atoms with van der Waals surface area (Å²) in [5.74, 6) is 0. The number of benzene rings is 7. The fourth-order valence-corrected chi connectivity index (χ4v) is 8.23. The Labute approximate surface area is 250 Å². The van der Waals surface area contributed by atoms with Gasteiger partial charge in [0.2, 0.25) is 0 Å². The molecule has 10 aromatic rings. The van der Waals surface area contributed by atoms with Crippen LogP contribution in [0.5, 0.6) is 0 Å². The largest absolute Gasteiger partial charge is 0.460 e. The topological polar surface area (TPSA) is 26.3 Å². The Kier molecular flexibility index (Phi) is 4.63. The van der Waals surface area contributed by atoms with Gasteiger partial charge in [-0.25, -0.2) is 0 Å². The van der Waals surface area contributed by atoms with Gasteiger partial charge < -0.3 is 8.83 Å². The number of hydrogen-bond donors (Lipinski definition) is 0. The number of para-hydroxylation sites is 1. The van der Waals surface area contributed by atoms with Gasteiger partial charge in [0.25, 0.3) is 0 Å². The van der Waals surface area contributed by atoms with Crippen LogP contribution in [0.2, 0.25) is 0 Å². The molecular formula is C40H22O2S. The predicted molar refractivity (Wildman–Crippen MR) is 182 cm³/mol. The molecule has 0 aliphatic carbocycles. The van der Waals surface area contributed by atoms with Crippen LogP contribution >= 0.6 is 11.3 Å². The molecule has 3 heteroatoms. The minimum Gasteiger partial charge on any atom is -0.460 e. The fourth-order valence-electron chi connectivity index (χ4n) is 7.09. The molecular weight excluding hydrogens is 545 g/mol. The zero-order chi connectivity index (χ0) is 28.1. The summed E-state index contributed by atoms with van der Waals surface area (Å²) in [7, 11) is 0. The molecule has 10 rings (SSSR count). The minimum atomic E-state index is 0.793. The fraction of sp³-hybridized carbons (Fsp3) is 0. The average Bonchev–Trinajstić information content (AvgIpc) is 3.78. The molecule has 0 aliphatic rings. The van der Waals surface area contributed by atoms with Gasteiger partial charge in [-0.05, 0) is 56.9 Å². The molecule has 200 valence electrons. The number of hydrogen-bond acceptors (Lipinski definition) is 3. The first-order chi connectivity index (χ1) is 21.3. The van der Waals surface area contributed by atoms with E-state index in [0.29, 0.717) is 0 Å². The summed E-state index contributed by atoms with van der Waals surface area (Å²) in [4.78, 5) is 0. The summed E-state index contributed by atoms with van der Waals surface area (Å²) in [5.41, 5.74) is 7.26. The summed E-state index contributed by atoms with van der Waals surface area (Å²) < 4.78 is 15.2. The molecule has 0 N–H and O–H groups in total. The van der Waals surface area contributed by atoms with Gasteiger partial charge >= 0.3 is 0 Å². The zero-order valence-corrected chi connectivity index (χ0v) is 23.7. The molecule has 0 radical (unpaired) electrons. The lowest BCUT2D eigenvalue weighted by Gasteiger charge is -2.18. The second-order valence-electron chi connectivity index (χ2n) is 11.2. The second kappa shape index (κ2) is 8.57. The SMILES string of the molecule is c1ccc2c(c1)sc1cc(-c3c4ccccc4c(-c4cccc5c4oc4c5ccc5ccoc54)c4ccccc34)ccc12. The van der Waals surface area contributed by atoms with E-state index >= 15 is 0 Å². The van der Waals surface area contributed by atoms with Crippen molar-refractivity contribution in [3.63, 3.8) is 0 Å². The van der Waals surface area contributed by atoms with Crippen LogP contribution in [0.1, 0.15) is 0 Å². The van der Waals surface area contributed by atoms with Crippen molar-refractivity contribution in [2.24, 2.45) is 0 Å². The molecule has 3 heterocycles. The number of rotatable bonds is 2. The zero-order valence-electron chi connectivity index (χ0n) is 22.9. The van der Waals surface area contributed by atoms with Gasteiger partial charge in [0.05, 0.1) is 6.26 Å². The Morgan fingerprint density at radius 3 is 1.84 bits per heavy atom. The van der Waals surface area contributed by atoms with E-state index in [1.54, 1.807) is 6.26 Å². The van der Waals surface area contributed by atoms with E-state index in [2.05, 4.69) is 121 Å². The van der Waals surface area contributed by atoms with E-state index in [1.807, 2.05) is 17.4 Å². The van der Waals surface area contributed by atoms with Crippen molar-refractivity contribution in [1.29, 1.82) is 0 Å². The Morgan fingerprint density at radius 1 is 0.419 bits per heavy atom. The second-order valence-corrected chi connectivity index (χ2v) is 12.3. The molecule has 0 aliphatic heterocycles. The molecule has 0 unspecified atom stereocenters. The quantitative estimate of drug-likeness (QED) is 0.195. The molecule has 2 nitrogen and oxygen atoms in total. The maximum absolute atomic E-state index is 6.71. The van der Waals surface area contributed by atoms with Crippen LogP contribution in [0.3, 0.4) is 0 Å². The molecule has 0 atom stereocenters. The highest BCUT2D eigenvalue weighted by Gasteiger charge is 2.21. The summed E-state index contributed by atoms with van der Waals surface area (Å²) in [6.45, 7) is 0. The molecule has 43 heavy (non-hydrogen) atoms. The predicted octanol–water partition coefficient (Wildman–Crippen LogP) is 12.3. The lowest BCUT2D eigenvalue weighted by atomic mass is 9.85. The first kappa shape index (κ1) is 23.2. The van der Waals surface area contributed by atoms with E-state index in [9.17, 15) is 0 Å². The Balaban J connectivity index is 1.32. The highest BCUT2D eigenvalue weighted by atomic mass is 32.1. The lowest BCUT2D eigenvalue weighted by molar-refractivity contribution is 0.600. The standard InChI is InChI=1S/C40H22O2S/c1-3-11-29-27(9-1)36(24-17-18-26-25-8-5-6-15-34(25)43-35(26)22-24)28-10-2-4-12-30(28)37(29)33-14-7-13-31-32-19-16-23-20-21-41-38(23)40(32)42-39(31)33/h1-22H. The Bertz CT molecular complexity index is 2680. The van der Waals surface area contributed by atoms with Crippen LogP contribution in [0.15, 0.2) is 142 Å². The number of furan rings is 2. The highest BCUT2D eigenvalue weighted by Crippen LogP contribution is 2.48. The summed E-state index contributed by atoms with van der Waals surface area (Å²) in [5, 5.41) is 10.7.